The number of halogens is 1. The van der Waals surface area contributed by atoms with Crippen LogP contribution in [0, 0.1) is 0 Å². The normalized spacial score (nSPS) is 14.7. The molecular weight excluding hydrogens is 354 g/mol. The van der Waals surface area contributed by atoms with Gasteiger partial charge >= 0.3 is 0 Å². The van der Waals surface area contributed by atoms with Crippen molar-refractivity contribution in [2.24, 2.45) is 0 Å². The van der Waals surface area contributed by atoms with Crippen molar-refractivity contribution in [3.63, 3.8) is 0 Å². The number of rotatable bonds is 2. The maximum atomic E-state index is 11.0. The van der Waals surface area contributed by atoms with Crippen molar-refractivity contribution in [1.82, 2.24) is 4.98 Å². The highest BCUT2D eigenvalue weighted by atomic mass is 35.5. The molecule has 0 aliphatic heterocycles. The van der Waals surface area contributed by atoms with Crippen LogP contribution in [-0.4, -0.2) is 10.1 Å². The van der Waals surface area contributed by atoms with Gasteiger partial charge in [0.05, 0.1) is 11.4 Å². The molecule has 2 nitrogen and oxygen atoms in total. The van der Waals surface area contributed by atoms with E-state index in [1.807, 2.05) is 66.7 Å². The zero-order valence-electron chi connectivity index (χ0n) is 14.4. The van der Waals surface area contributed by atoms with Crippen LogP contribution in [0.1, 0.15) is 17.2 Å². The highest BCUT2D eigenvalue weighted by molar-refractivity contribution is 6.30. The lowest BCUT2D eigenvalue weighted by atomic mass is 9.95. The summed E-state index contributed by atoms with van der Waals surface area (Å²) in [6.45, 7) is 0. The van der Waals surface area contributed by atoms with Crippen LogP contribution in [0.3, 0.4) is 0 Å². The zero-order chi connectivity index (χ0) is 18.4. The minimum Gasteiger partial charge on any atom is -0.384 e. The quantitative estimate of drug-likeness (QED) is 0.461. The van der Waals surface area contributed by atoms with Crippen LogP contribution >= 0.6 is 11.6 Å². The summed E-state index contributed by atoms with van der Waals surface area (Å²) in [5.74, 6) is 0. The zero-order valence-corrected chi connectivity index (χ0v) is 15.2. The molecule has 1 aromatic heterocycles. The van der Waals surface area contributed by atoms with Crippen molar-refractivity contribution in [3.8, 4) is 33.6 Å². The molecule has 0 saturated heterocycles. The molecule has 5 rings (SSSR count). The minimum atomic E-state index is -0.668. The molecule has 27 heavy (non-hydrogen) atoms. The van der Waals surface area contributed by atoms with E-state index < -0.39 is 6.10 Å². The third-order valence-corrected chi connectivity index (χ3v) is 5.32. The Morgan fingerprint density at radius 2 is 1.44 bits per heavy atom. The fourth-order valence-corrected chi connectivity index (χ4v) is 3.89. The maximum absolute atomic E-state index is 11.0. The van der Waals surface area contributed by atoms with Gasteiger partial charge in [0.2, 0.25) is 0 Å². The van der Waals surface area contributed by atoms with Gasteiger partial charge < -0.3 is 5.11 Å². The first-order valence-corrected chi connectivity index (χ1v) is 9.24. The molecule has 4 aromatic rings. The van der Waals surface area contributed by atoms with Gasteiger partial charge in [0, 0.05) is 21.7 Å². The van der Waals surface area contributed by atoms with Gasteiger partial charge in [-0.15, -0.1) is 0 Å². The van der Waals surface area contributed by atoms with E-state index in [2.05, 4.69) is 18.2 Å². The highest BCUT2D eigenvalue weighted by Gasteiger charge is 2.31. The van der Waals surface area contributed by atoms with Crippen molar-refractivity contribution < 1.29 is 5.11 Å². The fourth-order valence-electron chi connectivity index (χ4n) is 3.77. The van der Waals surface area contributed by atoms with Crippen molar-refractivity contribution in [2.75, 3.05) is 0 Å². The number of benzene rings is 3. The first-order valence-electron chi connectivity index (χ1n) is 8.86. The van der Waals surface area contributed by atoms with Crippen LogP contribution < -0.4 is 0 Å². The predicted molar refractivity (Wildman–Crippen MR) is 110 cm³/mol. The lowest BCUT2D eigenvalue weighted by Gasteiger charge is -2.14. The van der Waals surface area contributed by atoms with Crippen LogP contribution in [0.2, 0.25) is 5.02 Å². The third-order valence-electron chi connectivity index (χ3n) is 5.07. The van der Waals surface area contributed by atoms with E-state index >= 15 is 0 Å². The summed E-state index contributed by atoms with van der Waals surface area (Å²) in [4.78, 5) is 4.93. The van der Waals surface area contributed by atoms with Gasteiger partial charge in [0.1, 0.15) is 6.10 Å². The highest BCUT2D eigenvalue weighted by Crippen LogP contribution is 2.47. The molecule has 0 spiro atoms. The molecule has 1 N–H and O–H groups in total. The molecule has 0 fully saturated rings. The molecule has 0 bridgehead atoms. The third kappa shape index (κ3) is 2.66. The van der Waals surface area contributed by atoms with E-state index in [-0.39, 0.29) is 0 Å². The number of pyridine rings is 1. The topological polar surface area (TPSA) is 33.1 Å². The molecule has 3 heteroatoms. The molecule has 0 radical (unpaired) electrons. The smallest absolute Gasteiger partial charge is 0.107 e. The van der Waals surface area contributed by atoms with E-state index in [0.717, 1.165) is 44.8 Å². The summed E-state index contributed by atoms with van der Waals surface area (Å²) in [6.07, 6.45) is -0.668. The maximum Gasteiger partial charge on any atom is 0.107 e. The van der Waals surface area contributed by atoms with E-state index in [1.165, 1.54) is 0 Å². The summed E-state index contributed by atoms with van der Waals surface area (Å²) in [6, 6.07) is 27.8. The average Bonchev–Trinajstić information content (AvgIpc) is 3.01. The Labute approximate surface area is 162 Å². The Bertz CT molecular complexity index is 1140. The van der Waals surface area contributed by atoms with Crippen LogP contribution in [0.15, 0.2) is 84.9 Å². The Morgan fingerprint density at radius 3 is 2.22 bits per heavy atom. The molecule has 0 amide bonds. The van der Waals surface area contributed by atoms with Gasteiger partial charge in [-0.3, -0.25) is 0 Å². The molecule has 1 aliphatic carbocycles. The molecule has 3 aromatic carbocycles. The number of aliphatic hydroxyl groups is 1. The first-order chi connectivity index (χ1) is 13.2. The fraction of sp³-hybridized carbons (Fsp3) is 0.0417. The lowest BCUT2D eigenvalue weighted by molar-refractivity contribution is 0.225. The average molecular weight is 370 g/mol. The molecule has 1 unspecified atom stereocenters. The van der Waals surface area contributed by atoms with Crippen molar-refractivity contribution in [2.45, 2.75) is 6.10 Å². The van der Waals surface area contributed by atoms with Crippen LogP contribution in [0.4, 0.5) is 0 Å². The van der Waals surface area contributed by atoms with Crippen molar-refractivity contribution >= 4 is 11.6 Å². The van der Waals surface area contributed by atoms with Gasteiger partial charge in [0.25, 0.3) is 0 Å². The minimum absolute atomic E-state index is 0.668. The lowest BCUT2D eigenvalue weighted by Crippen LogP contribution is -1.99. The van der Waals surface area contributed by atoms with E-state index in [4.69, 9.17) is 16.6 Å². The van der Waals surface area contributed by atoms with Crippen LogP contribution in [0.25, 0.3) is 33.6 Å². The van der Waals surface area contributed by atoms with Gasteiger partial charge in [-0.1, -0.05) is 78.3 Å². The number of aliphatic hydroxyl groups excluding tert-OH is 1. The molecule has 130 valence electrons. The number of hydrogen-bond donors (Lipinski definition) is 1. The monoisotopic (exact) mass is 369 g/mol. The van der Waals surface area contributed by atoms with Gasteiger partial charge in [0.15, 0.2) is 0 Å². The molecule has 1 heterocycles. The summed E-state index contributed by atoms with van der Waals surface area (Å²) < 4.78 is 0. The molecule has 1 aliphatic rings. The SMILES string of the molecule is OC1c2ccccc2-c2nc(-c3ccc(Cl)cc3)cc(-c3ccccc3)c21. The molecular formula is C24H16ClNO. The van der Waals surface area contributed by atoms with E-state index in [0.29, 0.717) is 5.02 Å². The first kappa shape index (κ1) is 16.2. The van der Waals surface area contributed by atoms with E-state index in [1.54, 1.807) is 0 Å². The Hall–Kier alpha value is -2.94. The summed E-state index contributed by atoms with van der Waals surface area (Å²) >= 11 is 6.05. The van der Waals surface area contributed by atoms with Crippen molar-refractivity contribution in [1.29, 1.82) is 0 Å². The number of fused-ring (bicyclic) bond motifs is 3. The Morgan fingerprint density at radius 1 is 0.741 bits per heavy atom. The van der Waals surface area contributed by atoms with Gasteiger partial charge in [-0.05, 0) is 34.9 Å². The van der Waals surface area contributed by atoms with E-state index in [9.17, 15) is 5.11 Å². The Balaban J connectivity index is 1.81. The second-order valence-electron chi connectivity index (χ2n) is 6.68. The second kappa shape index (κ2) is 6.34. The van der Waals surface area contributed by atoms with Gasteiger partial charge in [-0.25, -0.2) is 4.98 Å². The van der Waals surface area contributed by atoms with Crippen LogP contribution in [0.5, 0.6) is 0 Å². The molecule has 1 atom stereocenters. The number of hydrogen-bond acceptors (Lipinski definition) is 2. The number of nitrogens with zero attached hydrogens (tertiary/aromatic N) is 1. The van der Waals surface area contributed by atoms with Crippen LogP contribution in [-0.2, 0) is 0 Å². The molecule has 0 saturated carbocycles. The predicted octanol–water partition coefficient (Wildman–Crippen LogP) is 6.13. The standard InChI is InChI=1S/C24H16ClNO/c25-17-12-10-16(11-13-17)21-14-20(15-6-2-1-3-7-15)22-23(26-21)18-8-4-5-9-19(18)24(22)27/h1-14,24,27H. The number of aromatic nitrogens is 1. The van der Waals surface area contributed by atoms with Gasteiger partial charge in [-0.2, -0.15) is 0 Å². The van der Waals surface area contributed by atoms with Crippen molar-refractivity contribution in [3.05, 3.63) is 101 Å². The summed E-state index contributed by atoms with van der Waals surface area (Å²) in [5, 5.41) is 11.7. The largest absolute Gasteiger partial charge is 0.384 e. The summed E-state index contributed by atoms with van der Waals surface area (Å²) in [7, 11) is 0. The summed E-state index contributed by atoms with van der Waals surface area (Å²) in [5.41, 5.74) is 7.57. The Kier molecular flexibility index (Phi) is 3.82. The second-order valence-corrected chi connectivity index (χ2v) is 7.12.